The van der Waals surface area contributed by atoms with Crippen LogP contribution in [0.15, 0.2) is 12.2 Å². The van der Waals surface area contributed by atoms with Gasteiger partial charge >= 0.3 is 12.0 Å². The Labute approximate surface area is 108 Å². The first-order valence-corrected chi connectivity index (χ1v) is 6.50. The van der Waals surface area contributed by atoms with Crippen LogP contribution in [0.5, 0.6) is 0 Å². The van der Waals surface area contributed by atoms with E-state index in [9.17, 15) is 9.59 Å². The molecule has 0 bridgehead atoms. The first-order chi connectivity index (χ1) is 8.65. The Kier molecular flexibility index (Phi) is 6.25. The fourth-order valence-corrected chi connectivity index (χ4v) is 2.33. The van der Waals surface area contributed by atoms with Gasteiger partial charge in [0.15, 0.2) is 0 Å². The lowest BCUT2D eigenvalue weighted by molar-refractivity contribution is -0.142. The van der Waals surface area contributed by atoms with Crippen molar-refractivity contribution >= 4 is 12.0 Å². The molecule has 3 N–H and O–H groups in total. The highest BCUT2D eigenvalue weighted by atomic mass is 16.4. The number of hydrogen-bond acceptors (Lipinski definition) is 2. The van der Waals surface area contributed by atoms with Gasteiger partial charge in [0.25, 0.3) is 0 Å². The van der Waals surface area contributed by atoms with Crippen LogP contribution in [0.3, 0.4) is 0 Å². The molecule has 0 radical (unpaired) electrons. The van der Waals surface area contributed by atoms with Crippen LogP contribution in [0.1, 0.15) is 32.6 Å². The van der Waals surface area contributed by atoms with E-state index in [1.165, 1.54) is 0 Å². The van der Waals surface area contributed by atoms with Crippen LogP contribution < -0.4 is 10.6 Å². The average molecular weight is 254 g/mol. The van der Waals surface area contributed by atoms with Gasteiger partial charge in [-0.05, 0) is 32.1 Å². The molecule has 0 saturated heterocycles. The molecule has 0 aliphatic heterocycles. The maximum absolute atomic E-state index is 11.4. The molecule has 1 aliphatic rings. The summed E-state index contributed by atoms with van der Waals surface area (Å²) in [6, 6.07) is -0.212. The Balaban J connectivity index is 2.19. The smallest absolute Gasteiger partial charge is 0.314 e. The third-order valence-corrected chi connectivity index (χ3v) is 3.33. The molecule has 0 spiro atoms. The minimum atomic E-state index is -0.743. The Bertz CT molecular complexity index is 315. The van der Waals surface area contributed by atoms with Crippen LogP contribution in [0.2, 0.25) is 0 Å². The van der Waals surface area contributed by atoms with Crippen LogP contribution in [0.4, 0.5) is 4.79 Å². The van der Waals surface area contributed by atoms with Gasteiger partial charge in [-0.3, -0.25) is 4.79 Å². The van der Waals surface area contributed by atoms with Crippen molar-refractivity contribution in [3.8, 4) is 0 Å². The van der Waals surface area contributed by atoms with Crippen LogP contribution in [0.25, 0.3) is 0 Å². The summed E-state index contributed by atoms with van der Waals surface area (Å²) in [5.41, 5.74) is 0. The largest absolute Gasteiger partial charge is 0.481 e. The molecule has 0 heterocycles. The molecule has 0 aromatic rings. The quantitative estimate of drug-likeness (QED) is 0.499. The number of rotatable bonds is 6. The molecule has 1 fully saturated rings. The molecule has 1 saturated carbocycles. The fraction of sp³-hybridized carbons (Fsp3) is 0.692. The predicted octanol–water partition coefficient (Wildman–Crippen LogP) is 1.75. The van der Waals surface area contributed by atoms with Gasteiger partial charge in [0.1, 0.15) is 0 Å². The van der Waals surface area contributed by atoms with Crippen molar-refractivity contribution in [1.82, 2.24) is 10.6 Å². The Morgan fingerprint density at radius 1 is 1.33 bits per heavy atom. The molecule has 2 amide bonds. The fourth-order valence-electron chi connectivity index (χ4n) is 2.33. The van der Waals surface area contributed by atoms with Crippen LogP contribution in [-0.2, 0) is 4.79 Å². The van der Waals surface area contributed by atoms with Crippen molar-refractivity contribution in [1.29, 1.82) is 0 Å². The van der Waals surface area contributed by atoms with Crippen LogP contribution in [0, 0.1) is 11.8 Å². The monoisotopic (exact) mass is 254 g/mol. The molecule has 1 rings (SSSR count). The van der Waals surface area contributed by atoms with Gasteiger partial charge < -0.3 is 15.7 Å². The Hall–Kier alpha value is -1.52. The van der Waals surface area contributed by atoms with E-state index in [1.54, 1.807) is 0 Å². The molecule has 5 nitrogen and oxygen atoms in total. The van der Waals surface area contributed by atoms with Gasteiger partial charge in [-0.25, -0.2) is 4.79 Å². The van der Waals surface area contributed by atoms with E-state index < -0.39 is 5.97 Å². The number of carboxylic acids is 1. The molecule has 5 heteroatoms. The van der Waals surface area contributed by atoms with Gasteiger partial charge in [-0.1, -0.05) is 18.6 Å². The summed E-state index contributed by atoms with van der Waals surface area (Å²) in [4.78, 5) is 22.4. The Morgan fingerprint density at radius 2 is 2.11 bits per heavy atom. The number of allylic oxidation sites excluding steroid dienone is 1. The van der Waals surface area contributed by atoms with E-state index in [1.807, 2.05) is 19.1 Å². The third-order valence-electron chi connectivity index (χ3n) is 3.33. The van der Waals surface area contributed by atoms with Crippen molar-refractivity contribution in [3.05, 3.63) is 12.2 Å². The van der Waals surface area contributed by atoms with Gasteiger partial charge in [-0.15, -0.1) is 0 Å². The second-order valence-electron chi connectivity index (χ2n) is 4.63. The summed E-state index contributed by atoms with van der Waals surface area (Å²) < 4.78 is 0. The molecule has 0 aromatic carbocycles. The molecular weight excluding hydrogens is 232 g/mol. The van der Waals surface area contributed by atoms with E-state index in [0.29, 0.717) is 13.1 Å². The predicted molar refractivity (Wildman–Crippen MR) is 69.3 cm³/mol. The van der Waals surface area contributed by atoms with E-state index in [4.69, 9.17) is 5.11 Å². The number of aliphatic carboxylic acids is 1. The zero-order valence-electron chi connectivity index (χ0n) is 10.8. The van der Waals surface area contributed by atoms with E-state index in [0.717, 1.165) is 25.7 Å². The molecule has 2 atom stereocenters. The Morgan fingerprint density at radius 3 is 2.78 bits per heavy atom. The molecule has 102 valence electrons. The first-order valence-electron chi connectivity index (χ1n) is 6.50. The molecule has 2 unspecified atom stereocenters. The zero-order valence-corrected chi connectivity index (χ0v) is 10.8. The number of nitrogens with one attached hydrogen (secondary N) is 2. The lowest BCUT2D eigenvalue weighted by Gasteiger charge is -2.16. The summed E-state index contributed by atoms with van der Waals surface area (Å²) in [5, 5.41) is 14.5. The SMILES string of the molecule is C/C=C/CCNC(=O)NCC1CCCC1C(=O)O. The zero-order chi connectivity index (χ0) is 13.4. The third kappa shape index (κ3) is 4.77. The van der Waals surface area contributed by atoms with E-state index >= 15 is 0 Å². The van der Waals surface area contributed by atoms with Crippen molar-refractivity contribution in [2.24, 2.45) is 11.8 Å². The second-order valence-corrected chi connectivity index (χ2v) is 4.63. The number of hydrogen-bond donors (Lipinski definition) is 3. The van der Waals surface area contributed by atoms with Crippen LogP contribution in [-0.4, -0.2) is 30.2 Å². The van der Waals surface area contributed by atoms with Gasteiger partial charge in [0, 0.05) is 13.1 Å². The average Bonchev–Trinajstić information content (AvgIpc) is 2.80. The minimum Gasteiger partial charge on any atom is -0.481 e. The standard InChI is InChI=1S/C13H22N2O3/c1-2-3-4-8-14-13(18)15-9-10-6-5-7-11(10)12(16)17/h2-3,10-11H,4-9H2,1H3,(H,16,17)(H2,14,15,18)/b3-2+. The second kappa shape index (κ2) is 7.74. The number of urea groups is 1. The highest BCUT2D eigenvalue weighted by molar-refractivity contribution is 5.74. The summed E-state index contributed by atoms with van der Waals surface area (Å²) in [6.45, 7) is 2.99. The van der Waals surface area contributed by atoms with Crippen molar-refractivity contribution < 1.29 is 14.7 Å². The number of carbonyl (C=O) groups is 2. The topological polar surface area (TPSA) is 78.4 Å². The summed E-state index contributed by atoms with van der Waals surface area (Å²) in [6.07, 6.45) is 7.28. The maximum Gasteiger partial charge on any atom is 0.314 e. The van der Waals surface area contributed by atoms with Gasteiger partial charge in [0.2, 0.25) is 0 Å². The summed E-state index contributed by atoms with van der Waals surface area (Å²) in [7, 11) is 0. The molecular formula is C13H22N2O3. The minimum absolute atomic E-state index is 0.0730. The molecule has 1 aliphatic carbocycles. The highest BCUT2D eigenvalue weighted by Crippen LogP contribution is 2.31. The first kappa shape index (κ1) is 14.5. The van der Waals surface area contributed by atoms with Crippen molar-refractivity contribution in [2.45, 2.75) is 32.6 Å². The molecule has 18 heavy (non-hydrogen) atoms. The van der Waals surface area contributed by atoms with Crippen molar-refractivity contribution in [2.75, 3.05) is 13.1 Å². The lowest BCUT2D eigenvalue weighted by Crippen LogP contribution is -2.40. The maximum atomic E-state index is 11.4. The van der Waals surface area contributed by atoms with Crippen LogP contribution >= 0.6 is 0 Å². The highest BCUT2D eigenvalue weighted by Gasteiger charge is 2.32. The van der Waals surface area contributed by atoms with Crippen molar-refractivity contribution in [3.63, 3.8) is 0 Å². The number of carboxylic acid groups (broad SMARTS) is 1. The lowest BCUT2D eigenvalue weighted by atomic mass is 9.96. The normalized spacial score (nSPS) is 23.2. The van der Waals surface area contributed by atoms with Gasteiger partial charge in [0.05, 0.1) is 5.92 Å². The molecule has 0 aromatic heterocycles. The van der Waals surface area contributed by atoms with E-state index in [-0.39, 0.29) is 17.9 Å². The summed E-state index contributed by atoms with van der Waals surface area (Å²) in [5.74, 6) is -0.968. The van der Waals surface area contributed by atoms with E-state index in [2.05, 4.69) is 10.6 Å². The van der Waals surface area contributed by atoms with Gasteiger partial charge in [-0.2, -0.15) is 0 Å². The number of carbonyl (C=O) groups excluding carboxylic acids is 1. The summed E-state index contributed by atoms with van der Waals surface area (Å²) >= 11 is 0. The number of amides is 2.